The number of anilines is 2. The van der Waals surface area contributed by atoms with E-state index in [1.807, 2.05) is 71.6 Å². The predicted molar refractivity (Wildman–Crippen MR) is 175 cm³/mol. The summed E-state index contributed by atoms with van der Waals surface area (Å²) in [6, 6.07) is 25.7. The molecule has 1 saturated heterocycles. The Kier molecular flexibility index (Phi) is 7.37. The zero-order valence-corrected chi connectivity index (χ0v) is 25.8. The summed E-state index contributed by atoms with van der Waals surface area (Å²) in [5, 5.41) is 0. The minimum absolute atomic E-state index is 0.0146. The number of hydrogen-bond donors (Lipinski definition) is 0. The molecule has 0 radical (unpaired) electrons. The summed E-state index contributed by atoms with van der Waals surface area (Å²) < 4.78 is 9.99. The molecular weight excluding hydrogens is 564 g/mol. The molecule has 1 fully saturated rings. The van der Waals surface area contributed by atoms with Gasteiger partial charge < -0.3 is 28.6 Å². The lowest BCUT2D eigenvalue weighted by atomic mass is 10.1. The fraction of sp³-hybridized carbons (Fsp3) is 0.250. The molecule has 2 aliphatic heterocycles. The van der Waals surface area contributed by atoms with E-state index in [9.17, 15) is 9.59 Å². The highest BCUT2D eigenvalue weighted by Crippen LogP contribution is 2.33. The molecule has 0 bridgehead atoms. The van der Waals surface area contributed by atoms with Crippen molar-refractivity contribution in [3.63, 3.8) is 0 Å². The molecule has 0 saturated carbocycles. The second kappa shape index (κ2) is 11.6. The van der Waals surface area contributed by atoms with Crippen LogP contribution in [-0.4, -0.2) is 64.1 Å². The minimum Gasteiger partial charge on any atom is -0.496 e. The van der Waals surface area contributed by atoms with Gasteiger partial charge in [-0.1, -0.05) is 18.2 Å². The number of hydrogen-bond acceptors (Lipinski definition) is 5. The molecule has 2 aliphatic rings. The number of aromatic nitrogens is 3. The predicted octanol–water partition coefficient (Wildman–Crippen LogP) is 5.47. The van der Waals surface area contributed by atoms with Crippen molar-refractivity contribution in [1.82, 2.24) is 19.0 Å². The summed E-state index contributed by atoms with van der Waals surface area (Å²) in [4.78, 5) is 38.3. The Morgan fingerprint density at radius 1 is 0.756 bits per heavy atom. The van der Waals surface area contributed by atoms with Crippen LogP contribution in [0.15, 0.2) is 91.3 Å². The highest BCUT2D eigenvalue weighted by atomic mass is 16.5. The lowest BCUT2D eigenvalue weighted by Gasteiger charge is -2.36. The Morgan fingerprint density at radius 3 is 2.22 bits per heavy atom. The van der Waals surface area contributed by atoms with E-state index in [1.165, 1.54) is 0 Å². The van der Waals surface area contributed by atoms with Crippen LogP contribution in [0.1, 0.15) is 43.5 Å². The Labute approximate surface area is 262 Å². The molecule has 5 aromatic rings. The molecule has 2 amide bonds. The third kappa shape index (κ3) is 5.14. The average molecular weight is 601 g/mol. The molecule has 3 aromatic heterocycles. The maximum Gasteiger partial charge on any atom is 0.270 e. The van der Waals surface area contributed by atoms with E-state index in [1.54, 1.807) is 24.4 Å². The summed E-state index contributed by atoms with van der Waals surface area (Å²) in [6.45, 7) is 7.76. The number of carbonyl (C=O) groups is 2. The van der Waals surface area contributed by atoms with Crippen LogP contribution in [0.5, 0.6) is 5.75 Å². The summed E-state index contributed by atoms with van der Waals surface area (Å²) >= 11 is 0. The summed E-state index contributed by atoms with van der Waals surface area (Å²) in [5.41, 5.74) is 8.13. The first kappa shape index (κ1) is 28.5. The van der Waals surface area contributed by atoms with Crippen molar-refractivity contribution >= 4 is 23.2 Å². The molecule has 228 valence electrons. The zero-order chi connectivity index (χ0) is 31.1. The first-order chi connectivity index (χ1) is 21.9. The lowest BCUT2D eigenvalue weighted by molar-refractivity contribution is 0.0736. The van der Waals surface area contributed by atoms with Crippen molar-refractivity contribution in [2.75, 3.05) is 43.1 Å². The Bertz CT molecular complexity index is 1860. The smallest absolute Gasteiger partial charge is 0.270 e. The van der Waals surface area contributed by atoms with Gasteiger partial charge in [0.25, 0.3) is 11.8 Å². The van der Waals surface area contributed by atoms with Gasteiger partial charge in [0.05, 0.1) is 25.8 Å². The van der Waals surface area contributed by atoms with Crippen LogP contribution in [0, 0.1) is 13.8 Å². The van der Waals surface area contributed by atoms with Crippen molar-refractivity contribution in [3.8, 4) is 11.4 Å². The van der Waals surface area contributed by atoms with Gasteiger partial charge in [0, 0.05) is 78.8 Å². The molecule has 0 unspecified atom stereocenters. The number of nitrogens with zero attached hydrogens (tertiary/aromatic N) is 6. The monoisotopic (exact) mass is 600 g/mol. The molecule has 5 heterocycles. The quantitative estimate of drug-likeness (QED) is 0.268. The molecule has 9 heteroatoms. The van der Waals surface area contributed by atoms with E-state index >= 15 is 0 Å². The van der Waals surface area contributed by atoms with Gasteiger partial charge in [-0.05, 0) is 74.0 Å². The van der Waals surface area contributed by atoms with E-state index < -0.39 is 0 Å². The largest absolute Gasteiger partial charge is 0.496 e. The Balaban J connectivity index is 1.17. The molecule has 2 aromatic carbocycles. The van der Waals surface area contributed by atoms with E-state index in [2.05, 4.69) is 45.0 Å². The summed E-state index contributed by atoms with van der Waals surface area (Å²) in [5.74, 6) is 0.381. The highest BCUT2D eigenvalue weighted by Gasteiger charge is 2.31. The number of ether oxygens (including phenoxy) is 1. The van der Waals surface area contributed by atoms with Gasteiger partial charge in [0.1, 0.15) is 11.4 Å². The maximum absolute atomic E-state index is 14.3. The van der Waals surface area contributed by atoms with Crippen molar-refractivity contribution in [2.24, 2.45) is 0 Å². The van der Waals surface area contributed by atoms with Crippen LogP contribution >= 0.6 is 0 Å². The number of fused-ring (bicyclic) bond motifs is 2. The van der Waals surface area contributed by atoms with Crippen LogP contribution in [0.4, 0.5) is 11.4 Å². The fourth-order valence-corrected chi connectivity index (χ4v) is 6.63. The van der Waals surface area contributed by atoms with Gasteiger partial charge >= 0.3 is 0 Å². The molecule has 0 aliphatic carbocycles. The third-order valence-electron chi connectivity index (χ3n) is 9.01. The van der Waals surface area contributed by atoms with Crippen LogP contribution < -0.4 is 14.5 Å². The standard InChI is InChI=1S/C36H36N6O3/c1-25-8-9-26(2)42(25)29-10-12-31(34(22-29)45-3)35(43)41-24-30-11-13-33(40(30)23-27-6-4-5-7-32(27)41)36(44)39-20-18-38(19-21-39)28-14-16-37-17-15-28/h4-17,22H,18-21,23-24H2,1-3H3. The van der Waals surface area contributed by atoms with Gasteiger partial charge in [-0.15, -0.1) is 0 Å². The first-order valence-corrected chi connectivity index (χ1v) is 15.3. The molecule has 7 rings (SSSR count). The number of rotatable bonds is 5. The topological polar surface area (TPSA) is 75.8 Å². The number of carbonyl (C=O) groups excluding carboxylic acids is 2. The number of para-hydroxylation sites is 1. The van der Waals surface area contributed by atoms with Crippen LogP contribution in [0.25, 0.3) is 5.69 Å². The molecule has 0 N–H and O–H groups in total. The second-order valence-electron chi connectivity index (χ2n) is 11.6. The highest BCUT2D eigenvalue weighted by molar-refractivity contribution is 6.08. The van der Waals surface area contributed by atoms with Gasteiger partial charge in [0.2, 0.25) is 0 Å². The minimum atomic E-state index is -0.151. The zero-order valence-electron chi connectivity index (χ0n) is 25.8. The molecule has 9 nitrogen and oxygen atoms in total. The average Bonchev–Trinajstić information content (AvgIpc) is 3.59. The summed E-state index contributed by atoms with van der Waals surface area (Å²) in [6.07, 6.45) is 3.59. The van der Waals surface area contributed by atoms with Crippen molar-refractivity contribution in [3.05, 3.63) is 125 Å². The lowest BCUT2D eigenvalue weighted by Crippen LogP contribution is -2.49. The first-order valence-electron chi connectivity index (χ1n) is 15.3. The number of aryl methyl sites for hydroxylation is 2. The van der Waals surface area contributed by atoms with Crippen molar-refractivity contribution < 1.29 is 14.3 Å². The maximum atomic E-state index is 14.3. The van der Waals surface area contributed by atoms with Gasteiger partial charge in [0.15, 0.2) is 0 Å². The normalized spacial score (nSPS) is 14.5. The van der Waals surface area contributed by atoms with Gasteiger partial charge in [-0.25, -0.2) is 0 Å². The van der Waals surface area contributed by atoms with Crippen LogP contribution in [0.2, 0.25) is 0 Å². The fourth-order valence-electron chi connectivity index (χ4n) is 6.63. The Hall–Kier alpha value is -5.31. The van der Waals surface area contributed by atoms with Crippen molar-refractivity contribution in [2.45, 2.75) is 26.9 Å². The van der Waals surface area contributed by atoms with Crippen LogP contribution in [0.3, 0.4) is 0 Å². The number of pyridine rings is 1. The third-order valence-corrected chi connectivity index (χ3v) is 9.01. The van der Waals surface area contributed by atoms with Crippen LogP contribution in [-0.2, 0) is 13.1 Å². The Morgan fingerprint density at radius 2 is 1.49 bits per heavy atom. The van der Waals surface area contributed by atoms with Gasteiger partial charge in [-0.3, -0.25) is 14.6 Å². The number of piperazine rings is 1. The molecular formula is C36H36N6O3. The van der Waals surface area contributed by atoms with E-state index in [4.69, 9.17) is 4.74 Å². The number of benzene rings is 2. The number of amides is 2. The molecule has 0 spiro atoms. The number of methoxy groups -OCH3 is 1. The van der Waals surface area contributed by atoms with Crippen molar-refractivity contribution in [1.29, 1.82) is 0 Å². The van der Waals surface area contributed by atoms with Gasteiger partial charge in [-0.2, -0.15) is 0 Å². The SMILES string of the molecule is COc1cc(-n2c(C)ccc2C)ccc1C(=O)N1Cc2ccc(C(=O)N3CCN(c4ccncc4)CC3)n2Cc2ccccc21. The van der Waals surface area contributed by atoms with E-state index in [0.29, 0.717) is 43.2 Å². The summed E-state index contributed by atoms with van der Waals surface area (Å²) in [7, 11) is 1.60. The van der Waals surface area contributed by atoms with E-state index in [-0.39, 0.29) is 11.8 Å². The molecule has 45 heavy (non-hydrogen) atoms. The molecule has 0 atom stereocenters. The van der Waals surface area contributed by atoms with E-state index in [0.717, 1.165) is 52.8 Å². The second-order valence-corrected chi connectivity index (χ2v) is 11.6.